The number of sulfonamides is 1. The smallest absolute Gasteiger partial charge is 0.264 e. The van der Waals surface area contributed by atoms with Crippen molar-refractivity contribution in [2.24, 2.45) is 0 Å². The van der Waals surface area contributed by atoms with Gasteiger partial charge in [-0.2, -0.15) is 5.10 Å². The van der Waals surface area contributed by atoms with E-state index in [0.29, 0.717) is 12.2 Å². The van der Waals surface area contributed by atoms with E-state index in [1.807, 2.05) is 11.6 Å². The third-order valence-electron chi connectivity index (χ3n) is 5.62. The number of fused-ring (bicyclic) bond motifs is 1. The third kappa shape index (κ3) is 4.45. The highest BCUT2D eigenvalue weighted by Crippen LogP contribution is 2.31. The van der Waals surface area contributed by atoms with Crippen molar-refractivity contribution in [3.63, 3.8) is 0 Å². The fourth-order valence-corrected chi connectivity index (χ4v) is 4.95. The van der Waals surface area contributed by atoms with Gasteiger partial charge in [-0.25, -0.2) is 31.6 Å². The molecule has 10 nitrogen and oxygen atoms in total. The third-order valence-corrected chi connectivity index (χ3v) is 7.02. The molecule has 0 spiro atoms. The Morgan fingerprint density at radius 2 is 1.87 bits per heavy atom. The maximum atomic E-state index is 15.5. The zero-order chi connectivity index (χ0) is 27.0. The van der Waals surface area contributed by atoms with Crippen LogP contribution in [0.25, 0.3) is 11.0 Å². The van der Waals surface area contributed by atoms with Crippen LogP contribution in [0.3, 0.4) is 0 Å². The fraction of sp³-hybridized carbons (Fsp3) is 0.0833. The Labute approximate surface area is 213 Å². The topological polar surface area (TPSA) is 135 Å². The van der Waals surface area contributed by atoms with Crippen molar-refractivity contribution in [1.82, 2.24) is 24.7 Å². The zero-order valence-corrected chi connectivity index (χ0v) is 20.4. The van der Waals surface area contributed by atoms with Gasteiger partial charge in [0.05, 0.1) is 34.1 Å². The maximum absolute atomic E-state index is 15.5. The second-order valence-corrected chi connectivity index (χ2v) is 9.66. The van der Waals surface area contributed by atoms with E-state index in [1.165, 1.54) is 30.9 Å². The summed E-state index contributed by atoms with van der Waals surface area (Å²) >= 11 is 0. The Morgan fingerprint density at radius 1 is 1.08 bits per heavy atom. The highest BCUT2D eigenvalue weighted by molar-refractivity contribution is 7.92. The van der Waals surface area contributed by atoms with E-state index in [9.17, 15) is 22.0 Å². The van der Waals surface area contributed by atoms with E-state index in [4.69, 9.17) is 0 Å². The number of anilines is 3. The molecule has 0 fully saturated rings. The summed E-state index contributed by atoms with van der Waals surface area (Å²) in [4.78, 5) is 23.7. The lowest BCUT2D eigenvalue weighted by atomic mass is 10.0. The molecule has 0 aliphatic heterocycles. The molecule has 3 aromatic heterocycles. The van der Waals surface area contributed by atoms with Crippen molar-refractivity contribution < 1.29 is 26.4 Å². The summed E-state index contributed by atoms with van der Waals surface area (Å²) in [5.74, 6) is -4.69. The van der Waals surface area contributed by atoms with Crippen molar-refractivity contribution >= 4 is 44.0 Å². The van der Waals surface area contributed by atoms with E-state index in [2.05, 4.69) is 25.4 Å². The summed E-state index contributed by atoms with van der Waals surface area (Å²) in [5.41, 5.74) is -1.16. The first-order valence-electron chi connectivity index (χ1n) is 11.1. The van der Waals surface area contributed by atoms with E-state index in [1.54, 1.807) is 10.9 Å². The molecule has 0 aliphatic carbocycles. The van der Waals surface area contributed by atoms with Crippen LogP contribution in [0.15, 0.2) is 66.2 Å². The largest absolute Gasteiger partial charge is 0.345 e. The SMILES string of the molecule is CCn1cc(Nc2ncnc3[nH]cc(C(=O)c4c(F)ccc(NS(=O)(=O)c5ccccc5F)c4F)c23)cn1. The number of carbonyl (C=O) groups excluding carboxylic acids is 1. The average molecular weight is 542 g/mol. The van der Waals surface area contributed by atoms with E-state index >= 15 is 4.39 Å². The number of carbonyl (C=O) groups is 1. The molecule has 14 heteroatoms. The number of hydrogen-bond acceptors (Lipinski definition) is 7. The number of H-pyrrole nitrogens is 1. The number of benzene rings is 2. The van der Waals surface area contributed by atoms with Gasteiger partial charge in [0.15, 0.2) is 5.82 Å². The standard InChI is InChI=1S/C24H18F3N7O3S/c1-2-34-11-13(9-31-34)32-24-19-14(10-28-23(19)29-12-30-24)22(35)20-16(26)7-8-17(21(20)27)33-38(36,37)18-6-4-3-5-15(18)25/h3-12,33H,2H2,1H3,(H2,28,29,30,32). The van der Waals surface area contributed by atoms with Crippen LogP contribution in [0, 0.1) is 17.5 Å². The van der Waals surface area contributed by atoms with Crippen LogP contribution in [0.4, 0.5) is 30.4 Å². The van der Waals surface area contributed by atoms with Gasteiger partial charge in [0, 0.05) is 18.9 Å². The Morgan fingerprint density at radius 3 is 2.61 bits per heavy atom. The average Bonchev–Trinajstić information content (AvgIpc) is 3.53. The molecule has 0 amide bonds. The van der Waals surface area contributed by atoms with Gasteiger partial charge in [-0.3, -0.25) is 14.2 Å². The molecule has 0 unspecified atom stereocenters. The van der Waals surface area contributed by atoms with Crippen LogP contribution in [0.1, 0.15) is 22.8 Å². The van der Waals surface area contributed by atoms with Crippen molar-refractivity contribution in [2.45, 2.75) is 18.4 Å². The highest BCUT2D eigenvalue weighted by Gasteiger charge is 2.28. The number of nitrogens with zero attached hydrogens (tertiary/aromatic N) is 4. The summed E-state index contributed by atoms with van der Waals surface area (Å²) in [6.07, 6.45) is 5.69. The second kappa shape index (κ2) is 9.63. The quantitative estimate of drug-likeness (QED) is 0.248. The Balaban J connectivity index is 1.55. The molecular formula is C24H18F3N7O3S. The first kappa shape index (κ1) is 25.0. The Kier molecular flexibility index (Phi) is 6.32. The lowest BCUT2D eigenvalue weighted by Crippen LogP contribution is -2.17. The lowest BCUT2D eigenvalue weighted by Gasteiger charge is -2.12. The zero-order valence-electron chi connectivity index (χ0n) is 19.5. The molecule has 0 radical (unpaired) electrons. The molecule has 5 aromatic rings. The van der Waals surface area contributed by atoms with Gasteiger partial charge in [0.2, 0.25) is 5.78 Å². The predicted octanol–water partition coefficient (Wildman–Crippen LogP) is 4.37. The Bertz CT molecular complexity index is 1800. The molecule has 194 valence electrons. The summed E-state index contributed by atoms with van der Waals surface area (Å²) < 4.78 is 73.2. The fourth-order valence-electron chi connectivity index (χ4n) is 3.81. The molecule has 0 saturated carbocycles. The minimum Gasteiger partial charge on any atom is -0.345 e. The first-order valence-corrected chi connectivity index (χ1v) is 12.6. The van der Waals surface area contributed by atoms with Crippen LogP contribution in [-0.2, 0) is 16.6 Å². The maximum Gasteiger partial charge on any atom is 0.264 e. The minimum atomic E-state index is -4.59. The van der Waals surface area contributed by atoms with Crippen LogP contribution in [0.5, 0.6) is 0 Å². The molecule has 3 N–H and O–H groups in total. The van der Waals surface area contributed by atoms with Crippen LogP contribution >= 0.6 is 0 Å². The molecule has 3 heterocycles. The van der Waals surface area contributed by atoms with E-state index < -0.39 is 49.4 Å². The summed E-state index contributed by atoms with van der Waals surface area (Å²) in [7, 11) is -4.59. The molecule has 2 aromatic carbocycles. The van der Waals surface area contributed by atoms with Crippen molar-refractivity contribution in [3.05, 3.63) is 89.9 Å². The van der Waals surface area contributed by atoms with Crippen LogP contribution < -0.4 is 10.0 Å². The van der Waals surface area contributed by atoms with E-state index in [0.717, 1.165) is 24.3 Å². The number of hydrogen-bond donors (Lipinski definition) is 3. The monoisotopic (exact) mass is 541 g/mol. The summed E-state index contributed by atoms with van der Waals surface area (Å²) in [6.45, 7) is 2.51. The molecule has 0 atom stereocenters. The molecule has 0 aliphatic rings. The highest BCUT2D eigenvalue weighted by atomic mass is 32.2. The van der Waals surface area contributed by atoms with Gasteiger partial charge in [-0.05, 0) is 31.2 Å². The number of rotatable bonds is 8. The summed E-state index contributed by atoms with van der Waals surface area (Å²) in [6, 6.07) is 6.01. The molecule has 0 bridgehead atoms. The van der Waals surface area contributed by atoms with Gasteiger partial charge in [0.25, 0.3) is 10.0 Å². The van der Waals surface area contributed by atoms with Crippen LogP contribution in [-0.4, -0.2) is 38.9 Å². The number of aromatic nitrogens is 5. The second-order valence-electron chi connectivity index (χ2n) is 8.01. The number of halogens is 3. The molecule has 5 rings (SSSR count). The normalized spacial score (nSPS) is 11.6. The first-order chi connectivity index (χ1) is 18.2. The number of nitrogens with one attached hydrogen (secondary N) is 3. The van der Waals surface area contributed by atoms with E-state index in [-0.39, 0.29) is 22.4 Å². The van der Waals surface area contributed by atoms with Crippen molar-refractivity contribution in [2.75, 3.05) is 10.0 Å². The Hall–Kier alpha value is -4.72. The van der Waals surface area contributed by atoms with Gasteiger partial charge in [0.1, 0.15) is 34.3 Å². The van der Waals surface area contributed by atoms with Crippen molar-refractivity contribution in [1.29, 1.82) is 0 Å². The van der Waals surface area contributed by atoms with Crippen LogP contribution in [0.2, 0.25) is 0 Å². The molecular weight excluding hydrogens is 523 g/mol. The number of aromatic amines is 1. The molecule has 38 heavy (non-hydrogen) atoms. The lowest BCUT2D eigenvalue weighted by molar-refractivity contribution is 0.103. The van der Waals surface area contributed by atoms with Gasteiger partial charge < -0.3 is 10.3 Å². The minimum absolute atomic E-state index is 0.151. The predicted molar refractivity (Wildman–Crippen MR) is 132 cm³/mol. The number of ketones is 1. The van der Waals surface area contributed by atoms with Crippen molar-refractivity contribution in [3.8, 4) is 0 Å². The molecule has 0 saturated heterocycles. The summed E-state index contributed by atoms with van der Waals surface area (Å²) in [5, 5.41) is 7.31. The number of aryl methyl sites for hydroxylation is 1. The van der Waals surface area contributed by atoms with Gasteiger partial charge in [-0.1, -0.05) is 12.1 Å². The van der Waals surface area contributed by atoms with Gasteiger partial charge in [-0.15, -0.1) is 0 Å². The van der Waals surface area contributed by atoms with Gasteiger partial charge >= 0.3 is 0 Å².